The maximum atomic E-state index is 11.5. The maximum absolute atomic E-state index is 11.5. The van der Waals surface area contributed by atoms with Crippen LogP contribution in [0.25, 0.3) is 0 Å². The molecule has 0 aliphatic carbocycles. The van der Waals surface area contributed by atoms with Gasteiger partial charge in [-0.05, 0) is 25.0 Å². The maximum Gasteiger partial charge on any atom is 0.308 e. The Kier molecular flexibility index (Phi) is 4.77. The van der Waals surface area contributed by atoms with Gasteiger partial charge in [0.05, 0.1) is 16.9 Å². The number of hydrogen-bond donors (Lipinski definition) is 0. The second kappa shape index (κ2) is 6.56. The first-order chi connectivity index (χ1) is 9.99. The Balaban J connectivity index is 2.01. The lowest BCUT2D eigenvalue weighted by Crippen LogP contribution is -2.34. The van der Waals surface area contributed by atoms with Crippen LogP contribution in [0.1, 0.15) is 26.7 Å². The summed E-state index contributed by atoms with van der Waals surface area (Å²) in [6.45, 7) is 4.87. The Labute approximate surface area is 123 Å². The van der Waals surface area contributed by atoms with E-state index in [0.717, 1.165) is 25.1 Å². The molecule has 1 aromatic rings. The van der Waals surface area contributed by atoms with E-state index in [2.05, 4.69) is 4.90 Å². The van der Waals surface area contributed by atoms with Crippen molar-refractivity contribution >= 4 is 17.3 Å². The summed E-state index contributed by atoms with van der Waals surface area (Å²) >= 11 is 0. The van der Waals surface area contributed by atoms with Gasteiger partial charge in [0, 0.05) is 24.4 Å². The molecule has 0 bridgehead atoms. The molecule has 0 amide bonds. The fraction of sp³-hybridized carbons (Fsp3) is 0.533. The minimum atomic E-state index is -0.407. The Morgan fingerprint density at radius 2 is 2.10 bits per heavy atom. The first-order valence-electron chi connectivity index (χ1n) is 7.16. The topological polar surface area (TPSA) is 72.7 Å². The van der Waals surface area contributed by atoms with Gasteiger partial charge in [0.1, 0.15) is 6.61 Å². The summed E-state index contributed by atoms with van der Waals surface area (Å²) in [5, 5.41) is 10.7. The third-order valence-corrected chi connectivity index (χ3v) is 3.66. The van der Waals surface area contributed by atoms with Gasteiger partial charge in [0.25, 0.3) is 5.69 Å². The lowest BCUT2D eigenvalue weighted by molar-refractivity contribution is -0.384. The molecule has 0 aromatic heterocycles. The average Bonchev–Trinajstić information content (AvgIpc) is 2.93. The average molecular weight is 292 g/mol. The number of carbonyl (C=O) groups excluding carboxylic acids is 1. The third-order valence-electron chi connectivity index (χ3n) is 3.66. The lowest BCUT2D eigenvalue weighted by Gasteiger charge is -2.26. The van der Waals surface area contributed by atoms with Gasteiger partial charge in [-0.3, -0.25) is 14.9 Å². The molecule has 1 aromatic carbocycles. The number of rotatable bonds is 5. The molecule has 6 nitrogen and oxygen atoms in total. The fourth-order valence-electron chi connectivity index (χ4n) is 2.46. The van der Waals surface area contributed by atoms with Crippen LogP contribution in [0.4, 0.5) is 11.4 Å². The zero-order valence-corrected chi connectivity index (χ0v) is 12.3. The molecule has 0 saturated carbocycles. The number of non-ortho nitro benzene ring substituents is 1. The van der Waals surface area contributed by atoms with Gasteiger partial charge >= 0.3 is 5.97 Å². The molecule has 1 heterocycles. The molecule has 6 heteroatoms. The Hall–Kier alpha value is -2.11. The summed E-state index contributed by atoms with van der Waals surface area (Å²) < 4.78 is 5.31. The summed E-state index contributed by atoms with van der Waals surface area (Å²) in [5.74, 6) is -0.315. The van der Waals surface area contributed by atoms with E-state index in [-0.39, 0.29) is 23.6 Å². The van der Waals surface area contributed by atoms with Gasteiger partial charge in [-0.2, -0.15) is 0 Å². The van der Waals surface area contributed by atoms with Crippen LogP contribution < -0.4 is 4.90 Å². The second-order valence-corrected chi connectivity index (χ2v) is 5.55. The van der Waals surface area contributed by atoms with Gasteiger partial charge in [-0.15, -0.1) is 0 Å². The minimum Gasteiger partial charge on any atom is -0.463 e. The molecular weight excluding hydrogens is 272 g/mol. The van der Waals surface area contributed by atoms with Crippen molar-refractivity contribution in [3.05, 3.63) is 34.4 Å². The molecule has 21 heavy (non-hydrogen) atoms. The first-order valence-corrected chi connectivity index (χ1v) is 7.16. The summed E-state index contributed by atoms with van der Waals surface area (Å²) in [4.78, 5) is 24.0. The number of hydrogen-bond acceptors (Lipinski definition) is 5. The summed E-state index contributed by atoms with van der Waals surface area (Å²) in [6.07, 6.45) is 1.99. The van der Waals surface area contributed by atoms with Crippen LogP contribution in [0.5, 0.6) is 0 Å². The summed E-state index contributed by atoms with van der Waals surface area (Å²) in [7, 11) is 0. The van der Waals surface area contributed by atoms with Gasteiger partial charge in [-0.25, -0.2) is 0 Å². The molecule has 0 unspecified atom stereocenters. The minimum absolute atomic E-state index is 0.0840. The predicted molar refractivity (Wildman–Crippen MR) is 79.3 cm³/mol. The molecular formula is C15H20N2O4. The molecule has 1 atom stereocenters. The van der Waals surface area contributed by atoms with E-state index in [0.29, 0.717) is 6.61 Å². The molecule has 1 aliphatic heterocycles. The normalized spacial score (nSPS) is 18.0. The second-order valence-electron chi connectivity index (χ2n) is 5.55. The van der Waals surface area contributed by atoms with Crippen molar-refractivity contribution in [2.45, 2.75) is 32.7 Å². The molecule has 0 spiro atoms. The molecule has 0 N–H and O–H groups in total. The molecule has 1 aliphatic rings. The monoisotopic (exact) mass is 292 g/mol. The number of nitro groups is 1. The van der Waals surface area contributed by atoms with Crippen molar-refractivity contribution in [1.82, 2.24) is 0 Å². The van der Waals surface area contributed by atoms with Crippen LogP contribution in [-0.4, -0.2) is 30.1 Å². The number of ether oxygens (including phenoxy) is 1. The zero-order valence-electron chi connectivity index (χ0n) is 12.3. The van der Waals surface area contributed by atoms with Gasteiger partial charge in [0.2, 0.25) is 0 Å². The van der Waals surface area contributed by atoms with Crippen molar-refractivity contribution < 1.29 is 14.5 Å². The number of anilines is 1. The van der Waals surface area contributed by atoms with E-state index in [1.807, 2.05) is 13.8 Å². The SMILES string of the molecule is CC(C)C(=O)OC[C@@H]1CCCN1c1ccc([N+](=O)[O-])cc1. The molecule has 114 valence electrons. The fourth-order valence-corrected chi connectivity index (χ4v) is 2.46. The number of benzene rings is 1. The van der Waals surface area contributed by atoms with Gasteiger partial charge in [-0.1, -0.05) is 13.8 Å². The summed E-state index contributed by atoms with van der Waals surface area (Å²) in [5.41, 5.74) is 1.02. The third kappa shape index (κ3) is 3.71. The summed E-state index contributed by atoms with van der Waals surface area (Å²) in [6, 6.07) is 6.66. The largest absolute Gasteiger partial charge is 0.463 e. The zero-order chi connectivity index (χ0) is 15.4. The van der Waals surface area contributed by atoms with E-state index in [1.54, 1.807) is 12.1 Å². The van der Waals surface area contributed by atoms with E-state index >= 15 is 0 Å². The Bertz CT molecular complexity index is 513. The van der Waals surface area contributed by atoms with E-state index < -0.39 is 4.92 Å². The smallest absolute Gasteiger partial charge is 0.308 e. The highest BCUT2D eigenvalue weighted by Crippen LogP contribution is 2.27. The highest BCUT2D eigenvalue weighted by atomic mass is 16.6. The Morgan fingerprint density at radius 3 is 2.67 bits per heavy atom. The highest BCUT2D eigenvalue weighted by molar-refractivity contribution is 5.71. The van der Waals surface area contributed by atoms with Crippen molar-refractivity contribution in [2.24, 2.45) is 5.92 Å². The number of nitro benzene ring substituents is 1. The molecule has 0 radical (unpaired) electrons. The number of carbonyl (C=O) groups is 1. The van der Waals surface area contributed by atoms with Crippen LogP contribution in [0, 0.1) is 16.0 Å². The molecule has 1 fully saturated rings. The van der Waals surface area contributed by atoms with Gasteiger partial charge < -0.3 is 9.64 Å². The van der Waals surface area contributed by atoms with Crippen LogP contribution in [-0.2, 0) is 9.53 Å². The van der Waals surface area contributed by atoms with Crippen LogP contribution in [0.15, 0.2) is 24.3 Å². The Morgan fingerprint density at radius 1 is 1.43 bits per heavy atom. The molecule has 1 saturated heterocycles. The van der Waals surface area contributed by atoms with E-state index in [4.69, 9.17) is 4.74 Å². The highest BCUT2D eigenvalue weighted by Gasteiger charge is 2.26. The van der Waals surface area contributed by atoms with Crippen molar-refractivity contribution in [2.75, 3.05) is 18.1 Å². The van der Waals surface area contributed by atoms with Crippen molar-refractivity contribution in [3.63, 3.8) is 0 Å². The van der Waals surface area contributed by atoms with Gasteiger partial charge in [0.15, 0.2) is 0 Å². The first kappa shape index (κ1) is 15.3. The van der Waals surface area contributed by atoms with Crippen molar-refractivity contribution in [1.29, 1.82) is 0 Å². The standard InChI is InChI=1S/C15H20N2O4/c1-11(2)15(18)21-10-14-4-3-9-16(14)12-5-7-13(8-6-12)17(19)20/h5-8,11,14H,3-4,9-10H2,1-2H3/t14-/m0/s1. The lowest BCUT2D eigenvalue weighted by atomic mass is 10.2. The van der Waals surface area contributed by atoms with E-state index in [1.165, 1.54) is 12.1 Å². The van der Waals surface area contributed by atoms with Crippen LogP contribution >= 0.6 is 0 Å². The number of nitrogens with zero attached hydrogens (tertiary/aromatic N) is 2. The number of esters is 1. The predicted octanol–water partition coefficient (Wildman–Crippen LogP) is 2.76. The quantitative estimate of drug-likeness (QED) is 0.474. The van der Waals surface area contributed by atoms with Crippen LogP contribution in [0.3, 0.4) is 0 Å². The molecule has 2 rings (SSSR count). The van der Waals surface area contributed by atoms with Crippen molar-refractivity contribution in [3.8, 4) is 0 Å². The van der Waals surface area contributed by atoms with E-state index in [9.17, 15) is 14.9 Å². The van der Waals surface area contributed by atoms with Crippen LogP contribution in [0.2, 0.25) is 0 Å².